The smallest absolute Gasteiger partial charge is 0.324 e. The molecule has 1 aliphatic heterocycles. The average Bonchev–Trinajstić information content (AvgIpc) is 2.67. The molecular formula is C22H32N2O5S. The highest BCUT2D eigenvalue weighted by molar-refractivity contribution is 7.91. The Morgan fingerprint density at radius 2 is 1.97 bits per heavy atom. The molecule has 2 rings (SSSR count). The normalized spacial score (nSPS) is 16.2. The molecule has 1 aromatic rings. The van der Waals surface area contributed by atoms with Crippen LogP contribution in [0.1, 0.15) is 45.1 Å². The number of ether oxygens (including phenoxy) is 1. The van der Waals surface area contributed by atoms with E-state index in [0.717, 1.165) is 11.3 Å². The number of rotatable bonds is 11. The van der Waals surface area contributed by atoms with E-state index in [1.807, 2.05) is 31.2 Å². The van der Waals surface area contributed by atoms with Crippen molar-refractivity contribution in [1.29, 1.82) is 0 Å². The molecule has 30 heavy (non-hydrogen) atoms. The van der Waals surface area contributed by atoms with E-state index in [9.17, 15) is 18.0 Å². The number of urea groups is 1. The number of allylic oxidation sites excluding steroid dienone is 1. The number of amides is 3. The molecule has 0 aromatic heterocycles. The van der Waals surface area contributed by atoms with Gasteiger partial charge in [-0.1, -0.05) is 45.1 Å². The number of carbonyl (C=O) groups excluding carboxylic acids is 2. The van der Waals surface area contributed by atoms with Crippen LogP contribution in [-0.4, -0.2) is 56.5 Å². The van der Waals surface area contributed by atoms with E-state index < -0.39 is 15.9 Å². The van der Waals surface area contributed by atoms with Crippen LogP contribution in [0.4, 0.5) is 4.79 Å². The second-order valence-corrected chi connectivity index (χ2v) is 10.3. The van der Waals surface area contributed by atoms with E-state index >= 15 is 0 Å². The van der Waals surface area contributed by atoms with Crippen LogP contribution in [-0.2, 0) is 14.6 Å². The second-order valence-electron chi connectivity index (χ2n) is 8.10. The molecule has 1 atom stereocenters. The Balaban J connectivity index is 1.79. The number of sulfone groups is 1. The van der Waals surface area contributed by atoms with Gasteiger partial charge >= 0.3 is 6.03 Å². The van der Waals surface area contributed by atoms with Crippen LogP contribution in [0.25, 0.3) is 0 Å². The number of nitrogens with zero attached hydrogens (tertiary/aromatic N) is 1. The maximum atomic E-state index is 12.5. The molecule has 0 aliphatic carbocycles. The molecule has 3 amide bonds. The lowest BCUT2D eigenvalue weighted by Gasteiger charge is -2.25. The van der Waals surface area contributed by atoms with Crippen molar-refractivity contribution in [3.05, 3.63) is 42.0 Å². The van der Waals surface area contributed by atoms with Gasteiger partial charge in [-0.15, -0.1) is 0 Å². The molecule has 1 fully saturated rings. The molecule has 0 radical (unpaired) electrons. The number of hydrogen-bond donors (Lipinski definition) is 1. The van der Waals surface area contributed by atoms with Crippen molar-refractivity contribution >= 4 is 21.8 Å². The minimum absolute atomic E-state index is 0.0576. The van der Waals surface area contributed by atoms with Crippen molar-refractivity contribution in [2.45, 2.75) is 39.5 Å². The van der Waals surface area contributed by atoms with Gasteiger partial charge in [0.05, 0.1) is 18.1 Å². The fourth-order valence-electron chi connectivity index (χ4n) is 3.07. The van der Waals surface area contributed by atoms with Gasteiger partial charge < -0.3 is 9.64 Å². The first-order valence-corrected chi connectivity index (χ1v) is 12.2. The van der Waals surface area contributed by atoms with Crippen LogP contribution in [0.3, 0.4) is 0 Å². The number of hydrogen-bond acceptors (Lipinski definition) is 5. The molecule has 8 heteroatoms. The zero-order chi connectivity index (χ0) is 22.1. The largest absolute Gasteiger partial charge is 0.493 e. The topological polar surface area (TPSA) is 92.8 Å². The van der Waals surface area contributed by atoms with E-state index in [1.165, 1.54) is 4.90 Å². The van der Waals surface area contributed by atoms with E-state index in [2.05, 4.69) is 19.2 Å². The van der Waals surface area contributed by atoms with Gasteiger partial charge in [-0.05, 0) is 36.0 Å². The summed E-state index contributed by atoms with van der Waals surface area (Å²) in [5.74, 6) is 0.921. The summed E-state index contributed by atoms with van der Waals surface area (Å²) in [5.41, 5.74) is 0.945. The fourth-order valence-corrected chi connectivity index (χ4v) is 4.69. The Bertz CT molecular complexity index is 864. The molecule has 1 saturated heterocycles. The Labute approximate surface area is 179 Å². The molecule has 1 aromatic carbocycles. The van der Waals surface area contributed by atoms with Gasteiger partial charge in [0, 0.05) is 19.5 Å². The van der Waals surface area contributed by atoms with Gasteiger partial charge in [-0.3, -0.25) is 10.1 Å². The average molecular weight is 437 g/mol. The predicted octanol–water partition coefficient (Wildman–Crippen LogP) is 3.13. The predicted molar refractivity (Wildman–Crippen MR) is 117 cm³/mol. The van der Waals surface area contributed by atoms with Crippen molar-refractivity contribution in [3.8, 4) is 5.75 Å². The summed E-state index contributed by atoms with van der Waals surface area (Å²) in [6.45, 7) is 7.43. The van der Waals surface area contributed by atoms with Crippen LogP contribution in [0.15, 0.2) is 36.4 Å². The van der Waals surface area contributed by atoms with E-state index in [4.69, 9.17) is 4.74 Å². The lowest BCUT2D eigenvalue weighted by molar-refractivity contribution is -0.121. The van der Waals surface area contributed by atoms with Crippen molar-refractivity contribution in [1.82, 2.24) is 10.2 Å². The van der Waals surface area contributed by atoms with E-state index in [0.29, 0.717) is 32.0 Å². The maximum absolute atomic E-state index is 12.5. The van der Waals surface area contributed by atoms with Crippen molar-refractivity contribution in [3.63, 3.8) is 0 Å². The van der Waals surface area contributed by atoms with Crippen molar-refractivity contribution < 1.29 is 22.7 Å². The first-order valence-electron chi connectivity index (χ1n) is 10.3. The molecule has 0 saturated carbocycles. The monoisotopic (exact) mass is 436 g/mol. The number of imide groups is 1. The summed E-state index contributed by atoms with van der Waals surface area (Å²) in [6, 6.07) is 7.21. The third-order valence-electron chi connectivity index (χ3n) is 4.74. The number of nitrogens with one attached hydrogen (secondary N) is 1. The summed E-state index contributed by atoms with van der Waals surface area (Å²) in [6.07, 6.45) is 4.21. The van der Waals surface area contributed by atoms with Gasteiger partial charge in [-0.25, -0.2) is 13.2 Å². The van der Waals surface area contributed by atoms with Crippen LogP contribution in [0.2, 0.25) is 0 Å². The summed E-state index contributed by atoms with van der Waals surface area (Å²) in [7, 11) is -3.22. The third-order valence-corrected chi connectivity index (χ3v) is 6.61. The highest BCUT2D eigenvalue weighted by Crippen LogP contribution is 2.23. The number of benzene rings is 1. The Hall–Kier alpha value is -2.35. The van der Waals surface area contributed by atoms with E-state index in [-0.39, 0.29) is 29.8 Å². The van der Waals surface area contributed by atoms with Gasteiger partial charge in [0.15, 0.2) is 9.84 Å². The van der Waals surface area contributed by atoms with Crippen molar-refractivity contribution in [2.75, 3.05) is 31.2 Å². The summed E-state index contributed by atoms with van der Waals surface area (Å²) < 4.78 is 30.7. The molecule has 1 N–H and O–H groups in total. The quantitative estimate of drug-likeness (QED) is 0.538. The molecule has 0 unspecified atom stereocenters. The molecule has 0 bridgehead atoms. The zero-order valence-corrected chi connectivity index (χ0v) is 18.8. The molecule has 0 spiro atoms. The number of carbonyl (C=O) groups is 2. The Morgan fingerprint density at radius 3 is 2.67 bits per heavy atom. The van der Waals surface area contributed by atoms with Crippen LogP contribution in [0.5, 0.6) is 5.75 Å². The van der Waals surface area contributed by atoms with Gasteiger partial charge in [0.1, 0.15) is 5.75 Å². The minimum Gasteiger partial charge on any atom is -0.493 e. The second kappa shape index (κ2) is 11.2. The van der Waals surface area contributed by atoms with Gasteiger partial charge in [0.2, 0.25) is 5.91 Å². The Kier molecular flexibility index (Phi) is 8.89. The molecule has 7 nitrogen and oxygen atoms in total. The first kappa shape index (κ1) is 23.9. The van der Waals surface area contributed by atoms with Gasteiger partial charge in [-0.2, -0.15) is 0 Å². The summed E-state index contributed by atoms with van der Waals surface area (Å²) in [5, 5.41) is 2.26. The Morgan fingerprint density at radius 1 is 1.20 bits per heavy atom. The maximum Gasteiger partial charge on any atom is 0.324 e. The van der Waals surface area contributed by atoms with Crippen molar-refractivity contribution in [2.24, 2.45) is 5.92 Å². The lowest BCUT2D eigenvalue weighted by atomic mass is 10.0. The molecule has 1 heterocycles. The summed E-state index contributed by atoms with van der Waals surface area (Å²) >= 11 is 0. The molecular weight excluding hydrogens is 404 g/mol. The standard InChI is InChI=1S/C22H32N2O5S/c1-17(2)15-29-20-9-7-8-19(14-20)18(3)16-30(27,28)13-6-4-5-11-24-12-10-21(25)23-22(24)26/h4-5,7-9,14,17-18H,6,10-13,15-16H2,1-3H3,(H,23,25,26)/b5-4+/t18-/m0/s1. The van der Waals surface area contributed by atoms with Crippen LogP contribution < -0.4 is 10.1 Å². The zero-order valence-electron chi connectivity index (χ0n) is 18.0. The minimum atomic E-state index is -3.22. The highest BCUT2D eigenvalue weighted by Gasteiger charge is 2.21. The molecule has 166 valence electrons. The highest BCUT2D eigenvalue weighted by atomic mass is 32.2. The SMILES string of the molecule is CC(C)COc1cccc([C@@H](C)CS(=O)(=O)CC/C=C/CN2CCC(=O)NC2=O)c1. The molecule has 1 aliphatic rings. The summed E-state index contributed by atoms with van der Waals surface area (Å²) in [4.78, 5) is 24.3. The van der Waals surface area contributed by atoms with Crippen LogP contribution >= 0.6 is 0 Å². The van der Waals surface area contributed by atoms with E-state index in [1.54, 1.807) is 12.2 Å². The third kappa shape index (κ3) is 8.18. The first-order chi connectivity index (χ1) is 14.2. The van der Waals surface area contributed by atoms with Crippen LogP contribution in [0, 0.1) is 5.92 Å². The fraction of sp³-hybridized carbons (Fsp3) is 0.545. The lowest BCUT2D eigenvalue weighted by Crippen LogP contribution is -2.49. The van der Waals surface area contributed by atoms with Gasteiger partial charge in [0.25, 0.3) is 0 Å².